The van der Waals surface area contributed by atoms with Crippen LogP contribution >= 0.6 is 0 Å². The largest absolute Gasteiger partial charge is 1.00 e. The molecule has 0 saturated carbocycles. The number of allylic oxidation sites excluding steroid dienone is 1. The topological polar surface area (TPSA) is 115 Å². The van der Waals surface area contributed by atoms with Gasteiger partial charge in [-0.2, -0.15) is 0 Å². The molecule has 0 N–H and O–H groups in total. The molecule has 0 bridgehead atoms. The van der Waals surface area contributed by atoms with Gasteiger partial charge in [-0.05, 0) is 63.9 Å². The summed E-state index contributed by atoms with van der Waals surface area (Å²) in [6.07, 6.45) is 0.00723. The predicted molar refractivity (Wildman–Crippen MR) is 118 cm³/mol. The molecule has 0 unspecified atom stereocenters. The van der Waals surface area contributed by atoms with Crippen LogP contribution < -0.4 is 44.1 Å². The molecule has 0 aliphatic rings. The van der Waals surface area contributed by atoms with Gasteiger partial charge >= 0.3 is 29.6 Å². The third-order valence-electron chi connectivity index (χ3n) is 5.23. The monoisotopic (exact) mass is 466 g/mol. The number of hydrogen-bond donors (Lipinski definition) is 0. The Kier molecular flexibility index (Phi) is 8.22. The van der Waals surface area contributed by atoms with Gasteiger partial charge in [0, 0.05) is 23.1 Å². The van der Waals surface area contributed by atoms with Crippen molar-refractivity contribution in [2.24, 2.45) is 0 Å². The number of methoxy groups -OCH3 is 2. The van der Waals surface area contributed by atoms with Crippen molar-refractivity contribution in [1.82, 2.24) is 10.3 Å². The average molecular weight is 466 g/mol. The zero-order valence-corrected chi connectivity index (χ0v) is 20.9. The zero-order valence-electron chi connectivity index (χ0n) is 18.9. The van der Waals surface area contributed by atoms with Crippen molar-refractivity contribution >= 4 is 28.4 Å². The van der Waals surface area contributed by atoms with Crippen LogP contribution in [0, 0.1) is 0 Å². The maximum Gasteiger partial charge on any atom is 1.00 e. The van der Waals surface area contributed by atoms with Gasteiger partial charge in [0.1, 0.15) is 22.5 Å². The van der Waals surface area contributed by atoms with E-state index in [0.717, 1.165) is 0 Å². The SMILES string of the molecule is COc1ccc(C(=O)/C(Cc2ccccc2OC)=C(/C(=O)[O-])c2ccc3nonc3c2)cc1.[Na+]. The van der Waals surface area contributed by atoms with E-state index in [4.69, 9.17) is 14.1 Å². The Morgan fingerprint density at radius 3 is 2.24 bits per heavy atom. The fraction of sp³-hybridized carbons (Fsp3) is 0.120. The molecule has 0 atom stereocenters. The molecule has 1 aromatic heterocycles. The standard InChI is InChI=1S/C25H20N2O6.Na/c1-31-18-10-7-15(8-11-18)24(28)19(13-16-5-3-4-6-22(16)32-2)23(25(29)30)17-9-12-20-21(14-17)27-33-26-20;/h3-12,14H,13H2,1-2H3,(H,29,30);/q;+1/p-1/b23-19+;. The minimum Gasteiger partial charge on any atom is -0.545 e. The predicted octanol–water partition coefficient (Wildman–Crippen LogP) is -0.127. The minimum absolute atomic E-state index is 0. The third-order valence-corrected chi connectivity index (χ3v) is 5.23. The van der Waals surface area contributed by atoms with Crippen LogP contribution in [-0.2, 0) is 11.2 Å². The Labute approximate surface area is 217 Å². The molecule has 0 amide bonds. The molecule has 0 spiro atoms. The van der Waals surface area contributed by atoms with Crippen LogP contribution in [0.3, 0.4) is 0 Å². The number of aromatic nitrogens is 2. The van der Waals surface area contributed by atoms with Gasteiger partial charge in [-0.3, -0.25) is 4.79 Å². The summed E-state index contributed by atoms with van der Waals surface area (Å²) in [5, 5.41) is 19.9. The number of aliphatic carboxylic acids is 1. The van der Waals surface area contributed by atoms with Crippen molar-refractivity contribution in [3.63, 3.8) is 0 Å². The van der Waals surface area contributed by atoms with Gasteiger partial charge in [-0.25, -0.2) is 4.63 Å². The van der Waals surface area contributed by atoms with Crippen molar-refractivity contribution in [2.45, 2.75) is 6.42 Å². The number of rotatable bonds is 8. The first-order valence-electron chi connectivity index (χ1n) is 9.99. The summed E-state index contributed by atoms with van der Waals surface area (Å²) in [5.74, 6) is -0.837. The van der Waals surface area contributed by atoms with Crippen molar-refractivity contribution in [2.75, 3.05) is 14.2 Å². The van der Waals surface area contributed by atoms with Gasteiger partial charge < -0.3 is 19.4 Å². The first kappa shape index (κ1) is 25.2. The number of Topliss-reactive ketones (excluding diaryl/α,β-unsaturated/α-hetero) is 1. The zero-order chi connectivity index (χ0) is 23.4. The summed E-state index contributed by atoms with van der Waals surface area (Å²) >= 11 is 0. The normalized spacial score (nSPS) is 11.4. The van der Waals surface area contributed by atoms with Crippen LogP contribution in [0.2, 0.25) is 0 Å². The number of carboxylic acids is 1. The molecule has 34 heavy (non-hydrogen) atoms. The summed E-state index contributed by atoms with van der Waals surface area (Å²) in [5.41, 5.74) is 1.84. The number of fused-ring (bicyclic) bond motifs is 1. The molecule has 8 nitrogen and oxygen atoms in total. The van der Waals surface area contributed by atoms with Crippen LogP contribution in [0.1, 0.15) is 21.5 Å². The molecule has 0 aliphatic heterocycles. The minimum atomic E-state index is -1.49. The summed E-state index contributed by atoms with van der Waals surface area (Å²) in [4.78, 5) is 26.0. The van der Waals surface area contributed by atoms with Gasteiger partial charge in [0.25, 0.3) is 0 Å². The molecular weight excluding hydrogens is 447 g/mol. The molecule has 4 rings (SSSR count). The molecule has 3 aromatic carbocycles. The van der Waals surface area contributed by atoms with Crippen molar-refractivity contribution in [1.29, 1.82) is 0 Å². The Hall–Kier alpha value is -3.46. The number of carbonyl (C=O) groups is 2. The van der Waals surface area contributed by atoms with Crippen molar-refractivity contribution in [3.8, 4) is 11.5 Å². The third kappa shape index (κ3) is 5.20. The van der Waals surface area contributed by atoms with Gasteiger partial charge in [0.15, 0.2) is 5.78 Å². The van der Waals surface area contributed by atoms with Gasteiger partial charge in [0.05, 0.1) is 20.2 Å². The second-order valence-electron chi connectivity index (χ2n) is 7.15. The smallest absolute Gasteiger partial charge is 0.545 e. The van der Waals surface area contributed by atoms with Gasteiger partial charge in [0.2, 0.25) is 0 Å². The number of carbonyl (C=O) groups excluding carboxylic acids is 2. The second kappa shape index (κ2) is 11.1. The number of hydrogen-bond acceptors (Lipinski definition) is 8. The quantitative estimate of drug-likeness (QED) is 0.201. The van der Waals surface area contributed by atoms with Gasteiger partial charge in [-0.15, -0.1) is 0 Å². The molecule has 0 saturated heterocycles. The van der Waals surface area contributed by atoms with E-state index in [9.17, 15) is 14.7 Å². The van der Waals surface area contributed by atoms with Gasteiger partial charge in [-0.1, -0.05) is 24.3 Å². The molecule has 4 aromatic rings. The van der Waals surface area contributed by atoms with Crippen molar-refractivity contribution < 1.29 is 58.4 Å². The number of benzene rings is 3. The van der Waals surface area contributed by atoms with E-state index in [1.807, 2.05) is 0 Å². The molecule has 0 aliphatic carbocycles. The number of nitrogens with zero attached hydrogens (tertiary/aromatic N) is 2. The Morgan fingerprint density at radius 1 is 0.882 bits per heavy atom. The van der Waals surface area contributed by atoms with Crippen LogP contribution in [0.15, 0.2) is 76.9 Å². The number of carboxylic acid groups (broad SMARTS) is 1. The molecule has 1 heterocycles. The Bertz CT molecular complexity index is 1360. The molecule has 166 valence electrons. The van der Waals surface area contributed by atoms with Crippen LogP contribution in [-0.4, -0.2) is 36.3 Å². The fourth-order valence-corrected chi connectivity index (χ4v) is 3.59. The van der Waals surface area contributed by atoms with Crippen LogP contribution in [0.4, 0.5) is 0 Å². The molecule has 9 heteroatoms. The van der Waals surface area contributed by atoms with E-state index < -0.39 is 11.8 Å². The van der Waals surface area contributed by atoms with E-state index in [-0.39, 0.29) is 52.7 Å². The maximum atomic E-state index is 13.6. The summed E-state index contributed by atoms with van der Waals surface area (Å²) in [7, 11) is 3.03. The number of ketones is 1. The summed E-state index contributed by atoms with van der Waals surface area (Å²) < 4.78 is 15.3. The summed E-state index contributed by atoms with van der Waals surface area (Å²) in [6.45, 7) is 0. The molecular formula is C25H19N2NaO6. The first-order chi connectivity index (χ1) is 16.0. The average Bonchev–Trinajstić information content (AvgIpc) is 3.31. The van der Waals surface area contributed by atoms with E-state index in [0.29, 0.717) is 33.7 Å². The first-order valence-corrected chi connectivity index (χ1v) is 9.99. The Balaban J connectivity index is 0.00000324. The Morgan fingerprint density at radius 2 is 1.56 bits per heavy atom. The van der Waals surface area contributed by atoms with Crippen molar-refractivity contribution in [3.05, 3.63) is 89.0 Å². The van der Waals surface area contributed by atoms with E-state index in [1.165, 1.54) is 20.3 Å². The van der Waals surface area contributed by atoms with E-state index >= 15 is 0 Å². The second-order valence-corrected chi connectivity index (χ2v) is 7.15. The van der Waals surface area contributed by atoms with Crippen LogP contribution in [0.5, 0.6) is 11.5 Å². The number of ether oxygens (including phenoxy) is 2. The van der Waals surface area contributed by atoms with E-state index in [1.54, 1.807) is 60.7 Å². The van der Waals surface area contributed by atoms with Crippen LogP contribution in [0.25, 0.3) is 16.6 Å². The molecule has 0 fully saturated rings. The summed E-state index contributed by atoms with van der Waals surface area (Å²) in [6, 6.07) is 18.2. The maximum absolute atomic E-state index is 13.6. The molecule has 0 radical (unpaired) electrons. The van der Waals surface area contributed by atoms with E-state index in [2.05, 4.69) is 10.3 Å². The number of para-hydroxylation sites is 1. The fourth-order valence-electron chi connectivity index (χ4n) is 3.59.